The minimum atomic E-state index is -3.48. The summed E-state index contributed by atoms with van der Waals surface area (Å²) in [5.74, 6) is -1.18. The van der Waals surface area contributed by atoms with Gasteiger partial charge in [-0.05, 0) is 18.8 Å². The van der Waals surface area contributed by atoms with Crippen molar-refractivity contribution in [1.29, 1.82) is 0 Å². The van der Waals surface area contributed by atoms with Crippen LogP contribution in [0, 0.1) is 11.8 Å². The Balaban J connectivity index is 1.98. The molecule has 0 aromatic carbocycles. The van der Waals surface area contributed by atoms with Gasteiger partial charge in [0.05, 0.1) is 18.3 Å². The van der Waals surface area contributed by atoms with Crippen molar-refractivity contribution in [1.82, 2.24) is 4.31 Å². The van der Waals surface area contributed by atoms with E-state index in [-0.39, 0.29) is 24.0 Å². The van der Waals surface area contributed by atoms with Crippen LogP contribution in [0.15, 0.2) is 0 Å². The maximum atomic E-state index is 11.9. The molecule has 1 heterocycles. The molecule has 2 rings (SSSR count). The first-order valence-corrected chi connectivity index (χ1v) is 7.39. The Morgan fingerprint density at radius 3 is 2.59 bits per heavy atom. The first-order chi connectivity index (χ1) is 7.90. The summed E-state index contributed by atoms with van der Waals surface area (Å²) in [4.78, 5) is 10.4. The molecular formula is C10H17NO5S. The van der Waals surface area contributed by atoms with E-state index >= 15 is 0 Å². The lowest BCUT2D eigenvalue weighted by Gasteiger charge is -2.17. The molecule has 6 nitrogen and oxygen atoms in total. The number of carboxylic acids is 1. The van der Waals surface area contributed by atoms with Crippen LogP contribution in [0.5, 0.6) is 0 Å². The topological polar surface area (TPSA) is 94.9 Å². The molecule has 1 saturated heterocycles. The number of nitrogens with zero attached hydrogens (tertiary/aromatic N) is 1. The van der Waals surface area contributed by atoms with Gasteiger partial charge in [-0.25, -0.2) is 12.7 Å². The van der Waals surface area contributed by atoms with E-state index in [0.29, 0.717) is 13.1 Å². The number of aliphatic hydroxyl groups is 1. The Hall–Kier alpha value is -0.660. The number of rotatable bonds is 4. The zero-order valence-electron chi connectivity index (χ0n) is 9.45. The van der Waals surface area contributed by atoms with E-state index in [9.17, 15) is 18.3 Å². The average Bonchev–Trinajstić information content (AvgIpc) is 2.79. The van der Waals surface area contributed by atoms with E-state index in [0.717, 1.165) is 12.8 Å². The quantitative estimate of drug-likeness (QED) is 0.712. The molecule has 1 saturated carbocycles. The van der Waals surface area contributed by atoms with Crippen LogP contribution in [0.2, 0.25) is 0 Å². The second-order valence-corrected chi connectivity index (χ2v) is 6.93. The molecule has 1 aliphatic carbocycles. The highest BCUT2D eigenvalue weighted by molar-refractivity contribution is 7.89. The number of carboxylic acid groups (broad SMARTS) is 1. The van der Waals surface area contributed by atoms with Crippen LogP contribution in [0.4, 0.5) is 0 Å². The Morgan fingerprint density at radius 2 is 2.00 bits per heavy atom. The van der Waals surface area contributed by atoms with Gasteiger partial charge in [0.2, 0.25) is 10.0 Å². The Bertz CT molecular complexity index is 407. The third-order valence-electron chi connectivity index (χ3n) is 3.75. The monoisotopic (exact) mass is 263 g/mol. The van der Waals surface area contributed by atoms with Crippen molar-refractivity contribution >= 4 is 16.0 Å². The van der Waals surface area contributed by atoms with Crippen molar-refractivity contribution in [3.8, 4) is 0 Å². The second kappa shape index (κ2) is 4.55. The number of fused-ring (bicyclic) bond motifs is 1. The molecule has 1 aliphatic heterocycles. The minimum absolute atomic E-state index is 0.0367. The van der Waals surface area contributed by atoms with Crippen molar-refractivity contribution in [2.75, 3.05) is 18.8 Å². The number of hydrogen-bond donors (Lipinski definition) is 2. The van der Waals surface area contributed by atoms with Gasteiger partial charge in [0, 0.05) is 19.0 Å². The molecule has 0 radical (unpaired) electrons. The molecule has 2 N–H and O–H groups in total. The van der Waals surface area contributed by atoms with E-state index in [2.05, 4.69) is 0 Å². The summed E-state index contributed by atoms with van der Waals surface area (Å²) in [6, 6.07) is 0. The van der Waals surface area contributed by atoms with E-state index in [1.807, 2.05) is 0 Å². The highest BCUT2D eigenvalue weighted by Gasteiger charge is 2.45. The minimum Gasteiger partial charge on any atom is -0.481 e. The normalized spacial score (nSPS) is 33.8. The summed E-state index contributed by atoms with van der Waals surface area (Å²) < 4.78 is 25.1. The molecule has 98 valence electrons. The molecule has 0 aromatic heterocycles. The van der Waals surface area contributed by atoms with Gasteiger partial charge in [-0.2, -0.15) is 0 Å². The van der Waals surface area contributed by atoms with E-state index in [1.54, 1.807) is 0 Å². The highest BCUT2D eigenvalue weighted by Crippen LogP contribution is 2.39. The Kier molecular flexibility index (Phi) is 3.42. The first kappa shape index (κ1) is 12.8. The number of carbonyl (C=O) groups is 1. The number of aliphatic hydroxyl groups excluding tert-OH is 1. The summed E-state index contributed by atoms with van der Waals surface area (Å²) in [6.45, 7) is 0.775. The third-order valence-corrected chi connectivity index (χ3v) is 5.56. The zero-order chi connectivity index (χ0) is 12.6. The van der Waals surface area contributed by atoms with Crippen molar-refractivity contribution in [3.63, 3.8) is 0 Å². The van der Waals surface area contributed by atoms with Crippen LogP contribution in [-0.4, -0.2) is 53.9 Å². The van der Waals surface area contributed by atoms with Crippen LogP contribution in [0.25, 0.3) is 0 Å². The molecule has 2 fully saturated rings. The molecule has 17 heavy (non-hydrogen) atoms. The zero-order valence-corrected chi connectivity index (χ0v) is 10.3. The third kappa shape index (κ3) is 2.61. The first-order valence-electron chi connectivity index (χ1n) is 5.78. The van der Waals surface area contributed by atoms with Gasteiger partial charge in [-0.1, -0.05) is 0 Å². The molecule has 7 heteroatoms. The van der Waals surface area contributed by atoms with Gasteiger partial charge in [0.15, 0.2) is 0 Å². The molecule has 0 bridgehead atoms. The lowest BCUT2D eigenvalue weighted by molar-refractivity contribution is -0.136. The summed E-state index contributed by atoms with van der Waals surface area (Å²) >= 11 is 0. The molecule has 3 atom stereocenters. The SMILES string of the molecule is O=C(O)CCS(=O)(=O)N1CC2CCC(O)C2C1. The van der Waals surface area contributed by atoms with Crippen molar-refractivity contribution in [2.45, 2.75) is 25.4 Å². The van der Waals surface area contributed by atoms with Crippen molar-refractivity contribution in [3.05, 3.63) is 0 Å². The van der Waals surface area contributed by atoms with E-state index in [1.165, 1.54) is 4.31 Å². The number of aliphatic carboxylic acids is 1. The van der Waals surface area contributed by atoms with E-state index < -0.39 is 22.1 Å². The fraction of sp³-hybridized carbons (Fsp3) is 0.900. The smallest absolute Gasteiger partial charge is 0.304 e. The van der Waals surface area contributed by atoms with E-state index in [4.69, 9.17) is 5.11 Å². The van der Waals surface area contributed by atoms with Gasteiger partial charge in [-0.15, -0.1) is 0 Å². The molecular weight excluding hydrogens is 246 g/mol. The van der Waals surface area contributed by atoms with Crippen molar-refractivity contribution in [2.24, 2.45) is 11.8 Å². The van der Waals surface area contributed by atoms with Gasteiger partial charge < -0.3 is 10.2 Å². The summed E-state index contributed by atoms with van der Waals surface area (Å²) in [7, 11) is -3.48. The number of sulfonamides is 1. The van der Waals surface area contributed by atoms with Crippen LogP contribution >= 0.6 is 0 Å². The molecule has 0 spiro atoms. The Labute approximate surface area is 100 Å². The molecule has 0 aromatic rings. The van der Waals surface area contributed by atoms with Gasteiger partial charge in [0.1, 0.15) is 0 Å². The fourth-order valence-electron chi connectivity index (χ4n) is 2.77. The maximum absolute atomic E-state index is 11.9. The highest BCUT2D eigenvalue weighted by atomic mass is 32.2. The average molecular weight is 263 g/mol. The summed E-state index contributed by atoms with van der Waals surface area (Å²) in [5.41, 5.74) is 0. The largest absolute Gasteiger partial charge is 0.481 e. The van der Waals surface area contributed by atoms with Gasteiger partial charge in [0.25, 0.3) is 0 Å². The van der Waals surface area contributed by atoms with Crippen LogP contribution in [0.1, 0.15) is 19.3 Å². The predicted molar refractivity (Wildman–Crippen MR) is 59.8 cm³/mol. The molecule has 0 amide bonds. The summed E-state index contributed by atoms with van der Waals surface area (Å²) in [6.07, 6.45) is 0.839. The Morgan fingerprint density at radius 1 is 1.29 bits per heavy atom. The predicted octanol–water partition coefficient (Wildman–Crippen LogP) is -0.506. The van der Waals surface area contributed by atoms with Crippen molar-refractivity contribution < 1.29 is 23.4 Å². The maximum Gasteiger partial charge on any atom is 0.304 e. The lowest BCUT2D eigenvalue weighted by atomic mass is 10.00. The lowest BCUT2D eigenvalue weighted by Crippen LogP contribution is -2.33. The van der Waals surface area contributed by atoms with Crippen LogP contribution in [0.3, 0.4) is 0 Å². The molecule has 3 unspecified atom stereocenters. The second-order valence-electron chi connectivity index (χ2n) is 4.85. The number of hydrogen-bond acceptors (Lipinski definition) is 4. The fourth-order valence-corrected chi connectivity index (χ4v) is 4.28. The summed E-state index contributed by atoms with van der Waals surface area (Å²) in [5, 5.41) is 18.2. The molecule has 2 aliphatic rings. The van der Waals surface area contributed by atoms with Gasteiger partial charge in [-0.3, -0.25) is 4.79 Å². The van der Waals surface area contributed by atoms with Gasteiger partial charge >= 0.3 is 5.97 Å². The van der Waals surface area contributed by atoms with Crippen LogP contribution in [-0.2, 0) is 14.8 Å². The standard InChI is InChI=1S/C10H17NO5S/c12-9-2-1-7-5-11(6-8(7)9)17(15,16)4-3-10(13)14/h7-9,12H,1-6H2,(H,13,14). The van der Waals surface area contributed by atoms with Crippen LogP contribution < -0.4 is 0 Å².